The topological polar surface area (TPSA) is 55.8 Å². The van der Waals surface area contributed by atoms with Crippen LogP contribution in [0, 0.1) is 11.8 Å². The Labute approximate surface area is 114 Å². The third-order valence-electron chi connectivity index (χ3n) is 3.27. The SMILES string of the molecule is COCC(O)(c1ccccc1)C(C(=O)OC)C(C)C. The second kappa shape index (κ2) is 6.68. The molecule has 0 amide bonds. The van der Waals surface area contributed by atoms with Crippen molar-refractivity contribution in [2.75, 3.05) is 20.8 Å². The van der Waals surface area contributed by atoms with Gasteiger partial charge in [0.1, 0.15) is 5.60 Å². The summed E-state index contributed by atoms with van der Waals surface area (Å²) in [4.78, 5) is 12.0. The third kappa shape index (κ3) is 3.33. The van der Waals surface area contributed by atoms with Gasteiger partial charge in [0, 0.05) is 7.11 Å². The van der Waals surface area contributed by atoms with Crippen LogP contribution in [-0.2, 0) is 19.9 Å². The molecule has 19 heavy (non-hydrogen) atoms. The molecule has 2 unspecified atom stereocenters. The molecule has 0 bridgehead atoms. The average molecular weight is 266 g/mol. The molecule has 0 fully saturated rings. The molecule has 1 rings (SSSR count). The number of benzene rings is 1. The van der Waals surface area contributed by atoms with E-state index in [1.165, 1.54) is 14.2 Å². The van der Waals surface area contributed by atoms with Gasteiger partial charge in [0.15, 0.2) is 0 Å². The third-order valence-corrected chi connectivity index (χ3v) is 3.27. The van der Waals surface area contributed by atoms with Crippen molar-refractivity contribution in [3.8, 4) is 0 Å². The summed E-state index contributed by atoms with van der Waals surface area (Å²) in [6, 6.07) is 9.09. The van der Waals surface area contributed by atoms with Gasteiger partial charge in [0.05, 0.1) is 19.6 Å². The molecule has 0 heterocycles. The fourth-order valence-electron chi connectivity index (χ4n) is 2.45. The minimum atomic E-state index is -1.39. The van der Waals surface area contributed by atoms with Gasteiger partial charge in [-0.3, -0.25) is 4.79 Å². The van der Waals surface area contributed by atoms with Crippen LogP contribution in [0.2, 0.25) is 0 Å². The zero-order valence-corrected chi connectivity index (χ0v) is 11.9. The van der Waals surface area contributed by atoms with E-state index in [9.17, 15) is 9.90 Å². The quantitative estimate of drug-likeness (QED) is 0.800. The minimum Gasteiger partial charge on any atom is -0.469 e. The maximum absolute atomic E-state index is 12.0. The van der Waals surface area contributed by atoms with Crippen LogP contribution < -0.4 is 0 Å². The van der Waals surface area contributed by atoms with Crippen molar-refractivity contribution in [1.29, 1.82) is 0 Å². The van der Waals surface area contributed by atoms with E-state index in [4.69, 9.17) is 9.47 Å². The Morgan fingerprint density at radius 3 is 2.26 bits per heavy atom. The molecule has 106 valence electrons. The van der Waals surface area contributed by atoms with E-state index < -0.39 is 17.5 Å². The lowest BCUT2D eigenvalue weighted by atomic mass is 9.75. The van der Waals surface area contributed by atoms with Crippen LogP contribution in [0.15, 0.2) is 30.3 Å². The van der Waals surface area contributed by atoms with Crippen LogP contribution in [-0.4, -0.2) is 31.9 Å². The number of carbonyl (C=O) groups excluding carboxylic acids is 1. The van der Waals surface area contributed by atoms with Crippen LogP contribution in [0.25, 0.3) is 0 Å². The number of aliphatic hydroxyl groups is 1. The van der Waals surface area contributed by atoms with E-state index in [0.29, 0.717) is 5.56 Å². The van der Waals surface area contributed by atoms with Gasteiger partial charge < -0.3 is 14.6 Å². The normalized spacial score (nSPS) is 15.9. The van der Waals surface area contributed by atoms with Crippen molar-refractivity contribution in [1.82, 2.24) is 0 Å². The molecule has 0 saturated carbocycles. The van der Waals surface area contributed by atoms with E-state index in [-0.39, 0.29) is 12.5 Å². The van der Waals surface area contributed by atoms with Crippen LogP contribution in [0.3, 0.4) is 0 Å². The van der Waals surface area contributed by atoms with Crippen molar-refractivity contribution in [3.05, 3.63) is 35.9 Å². The lowest BCUT2D eigenvalue weighted by molar-refractivity contribution is -0.166. The Balaban J connectivity index is 3.26. The molecule has 0 aliphatic heterocycles. The number of hydrogen-bond acceptors (Lipinski definition) is 4. The zero-order chi connectivity index (χ0) is 14.5. The van der Waals surface area contributed by atoms with Crippen molar-refractivity contribution in [2.24, 2.45) is 11.8 Å². The van der Waals surface area contributed by atoms with Crippen LogP contribution in [0.5, 0.6) is 0 Å². The molecule has 4 nitrogen and oxygen atoms in total. The molecule has 0 saturated heterocycles. The largest absolute Gasteiger partial charge is 0.469 e. The van der Waals surface area contributed by atoms with E-state index in [0.717, 1.165) is 0 Å². The first-order valence-electron chi connectivity index (χ1n) is 6.32. The lowest BCUT2D eigenvalue weighted by Crippen LogP contribution is -2.46. The molecule has 1 aromatic carbocycles. The van der Waals surface area contributed by atoms with Gasteiger partial charge in [-0.25, -0.2) is 0 Å². The van der Waals surface area contributed by atoms with Crippen molar-refractivity contribution in [3.63, 3.8) is 0 Å². The van der Waals surface area contributed by atoms with E-state index in [2.05, 4.69) is 0 Å². The first-order chi connectivity index (χ1) is 8.97. The van der Waals surface area contributed by atoms with Gasteiger partial charge in [-0.05, 0) is 11.5 Å². The maximum Gasteiger partial charge on any atom is 0.312 e. The summed E-state index contributed by atoms with van der Waals surface area (Å²) < 4.78 is 9.96. The smallest absolute Gasteiger partial charge is 0.312 e. The highest BCUT2D eigenvalue weighted by Crippen LogP contribution is 2.35. The van der Waals surface area contributed by atoms with Gasteiger partial charge in [-0.1, -0.05) is 44.2 Å². The van der Waals surface area contributed by atoms with E-state index in [1.54, 1.807) is 12.1 Å². The number of carbonyl (C=O) groups is 1. The molecule has 0 radical (unpaired) electrons. The summed E-state index contributed by atoms with van der Waals surface area (Å²) in [5.41, 5.74) is -0.738. The number of methoxy groups -OCH3 is 2. The molecule has 0 spiro atoms. The number of ether oxygens (including phenoxy) is 2. The maximum atomic E-state index is 12.0. The first-order valence-corrected chi connectivity index (χ1v) is 6.32. The number of hydrogen-bond donors (Lipinski definition) is 1. The van der Waals surface area contributed by atoms with Crippen molar-refractivity contribution in [2.45, 2.75) is 19.4 Å². The lowest BCUT2D eigenvalue weighted by Gasteiger charge is -2.36. The van der Waals surface area contributed by atoms with Crippen LogP contribution in [0.4, 0.5) is 0 Å². The van der Waals surface area contributed by atoms with Gasteiger partial charge in [0.25, 0.3) is 0 Å². The summed E-state index contributed by atoms with van der Waals surface area (Å²) >= 11 is 0. The Morgan fingerprint density at radius 1 is 1.26 bits per heavy atom. The number of esters is 1. The van der Waals surface area contributed by atoms with E-state index in [1.807, 2.05) is 32.0 Å². The summed E-state index contributed by atoms with van der Waals surface area (Å²) in [6.07, 6.45) is 0. The summed E-state index contributed by atoms with van der Waals surface area (Å²) in [5, 5.41) is 11.0. The van der Waals surface area contributed by atoms with Gasteiger partial charge in [0.2, 0.25) is 0 Å². The number of rotatable bonds is 6. The Hall–Kier alpha value is -1.39. The van der Waals surface area contributed by atoms with E-state index >= 15 is 0 Å². The fourth-order valence-corrected chi connectivity index (χ4v) is 2.45. The summed E-state index contributed by atoms with van der Waals surface area (Å²) in [7, 11) is 2.83. The first kappa shape index (κ1) is 15.7. The second-order valence-electron chi connectivity index (χ2n) is 4.97. The highest BCUT2D eigenvalue weighted by atomic mass is 16.5. The van der Waals surface area contributed by atoms with Gasteiger partial charge in [-0.2, -0.15) is 0 Å². The standard InChI is InChI=1S/C15H22O4/c1-11(2)13(14(16)19-4)15(17,10-18-3)12-8-6-5-7-9-12/h5-9,11,13,17H,10H2,1-4H3. The van der Waals surface area contributed by atoms with Crippen LogP contribution in [0.1, 0.15) is 19.4 Å². The summed E-state index contributed by atoms with van der Waals surface area (Å²) in [5.74, 6) is -1.19. The Bertz CT molecular complexity index is 402. The van der Waals surface area contributed by atoms with Crippen LogP contribution >= 0.6 is 0 Å². The monoisotopic (exact) mass is 266 g/mol. The van der Waals surface area contributed by atoms with Gasteiger partial charge in [-0.15, -0.1) is 0 Å². The molecule has 0 aliphatic carbocycles. The summed E-state index contributed by atoms with van der Waals surface area (Å²) in [6.45, 7) is 3.80. The van der Waals surface area contributed by atoms with Crippen molar-refractivity contribution >= 4 is 5.97 Å². The average Bonchev–Trinajstić information content (AvgIpc) is 2.39. The highest BCUT2D eigenvalue weighted by molar-refractivity contribution is 5.74. The zero-order valence-electron chi connectivity index (χ0n) is 11.9. The molecule has 4 heteroatoms. The minimum absolute atomic E-state index is 0.0367. The fraction of sp³-hybridized carbons (Fsp3) is 0.533. The molecule has 2 atom stereocenters. The second-order valence-corrected chi connectivity index (χ2v) is 4.97. The molecule has 1 aromatic rings. The predicted octanol–water partition coefficient (Wildman–Crippen LogP) is 1.97. The Morgan fingerprint density at radius 2 is 1.84 bits per heavy atom. The molecule has 0 aliphatic rings. The Kier molecular flexibility index (Phi) is 5.51. The molecular formula is C15H22O4. The highest BCUT2D eigenvalue weighted by Gasteiger charge is 2.45. The predicted molar refractivity (Wildman–Crippen MR) is 72.6 cm³/mol. The molecular weight excluding hydrogens is 244 g/mol. The van der Waals surface area contributed by atoms with Crippen molar-refractivity contribution < 1.29 is 19.4 Å². The van der Waals surface area contributed by atoms with Gasteiger partial charge >= 0.3 is 5.97 Å². The molecule has 0 aromatic heterocycles. The molecule has 1 N–H and O–H groups in total.